The number of rotatable bonds is 7. The number of carbonyl (C=O) groups is 1. The Morgan fingerprint density at radius 1 is 1.16 bits per heavy atom. The van der Waals surface area contributed by atoms with E-state index >= 15 is 0 Å². The maximum absolute atomic E-state index is 13.1. The summed E-state index contributed by atoms with van der Waals surface area (Å²) in [5.41, 5.74) is 3.96. The van der Waals surface area contributed by atoms with Crippen molar-refractivity contribution in [1.82, 2.24) is 4.90 Å². The second-order valence-corrected chi connectivity index (χ2v) is 11.2. The Balaban J connectivity index is 1.76. The normalized spacial score (nSPS) is 17.7. The molecule has 0 spiro atoms. The van der Waals surface area contributed by atoms with Crippen molar-refractivity contribution in [2.24, 2.45) is 0 Å². The Morgan fingerprint density at radius 2 is 1.77 bits per heavy atom. The lowest BCUT2D eigenvalue weighted by Gasteiger charge is -2.28. The third-order valence-electron chi connectivity index (χ3n) is 5.74. The van der Waals surface area contributed by atoms with Gasteiger partial charge in [0.25, 0.3) is 5.91 Å². The number of nitrogens with zero attached hydrogens (tertiary/aromatic N) is 1. The van der Waals surface area contributed by atoms with Crippen molar-refractivity contribution in [3.63, 3.8) is 0 Å². The quantitative estimate of drug-likeness (QED) is 0.598. The first-order valence-corrected chi connectivity index (χ1v) is 12.7. The second-order valence-electron chi connectivity index (χ2n) is 8.63. The van der Waals surface area contributed by atoms with E-state index in [2.05, 4.69) is 26.0 Å². The van der Waals surface area contributed by atoms with Crippen LogP contribution in [0.3, 0.4) is 0 Å². The number of carbonyl (C=O) groups excluding carboxylic acids is 1. The van der Waals surface area contributed by atoms with Gasteiger partial charge < -0.3 is 9.64 Å². The van der Waals surface area contributed by atoms with Crippen LogP contribution in [0.5, 0.6) is 5.75 Å². The fraction of sp³-hybridized carbons (Fsp3) is 0.458. The molecule has 1 amide bonds. The second kappa shape index (κ2) is 9.61. The largest absolute Gasteiger partial charge is 0.484 e. The van der Waals surface area contributed by atoms with Gasteiger partial charge in [-0.2, -0.15) is 0 Å². The monoisotopic (exact) mass is 463 g/mol. The summed E-state index contributed by atoms with van der Waals surface area (Å²) in [5.74, 6) is 0.895. The molecule has 0 aromatic heterocycles. The van der Waals surface area contributed by atoms with Gasteiger partial charge in [-0.3, -0.25) is 4.79 Å². The number of sulfone groups is 1. The van der Waals surface area contributed by atoms with Crippen molar-refractivity contribution in [2.45, 2.75) is 52.6 Å². The summed E-state index contributed by atoms with van der Waals surface area (Å²) in [5, 5.41) is 0.682. The fourth-order valence-electron chi connectivity index (χ4n) is 3.86. The molecule has 0 radical (unpaired) electrons. The van der Waals surface area contributed by atoms with Crippen molar-refractivity contribution in [2.75, 3.05) is 18.1 Å². The van der Waals surface area contributed by atoms with E-state index in [0.29, 0.717) is 29.7 Å². The molecule has 0 aliphatic carbocycles. The zero-order valence-electron chi connectivity index (χ0n) is 18.5. The lowest BCUT2D eigenvalue weighted by Crippen LogP contribution is -2.43. The summed E-state index contributed by atoms with van der Waals surface area (Å²) in [6, 6.07) is 11.4. The van der Waals surface area contributed by atoms with Gasteiger partial charge in [0.05, 0.1) is 11.5 Å². The van der Waals surface area contributed by atoms with Gasteiger partial charge in [0.1, 0.15) is 5.75 Å². The Bertz CT molecular complexity index is 1020. The molecule has 3 rings (SSSR count). The standard InChI is InChI=1S/C24H30ClNO4S/c1-16(2)20-7-5-19(6-8-20)13-26(21-9-10-31(28,29)15-21)23(27)14-30-22-11-17(3)24(25)18(4)12-22/h5-8,11-12,16,21H,9-10,13-15H2,1-4H3/t21-/m0/s1. The molecule has 0 bridgehead atoms. The van der Waals surface area contributed by atoms with Crippen molar-refractivity contribution >= 4 is 27.3 Å². The summed E-state index contributed by atoms with van der Waals surface area (Å²) in [4.78, 5) is 14.8. The first-order chi connectivity index (χ1) is 14.6. The molecule has 5 nitrogen and oxygen atoms in total. The summed E-state index contributed by atoms with van der Waals surface area (Å²) >= 11 is 6.21. The van der Waals surface area contributed by atoms with Crippen LogP contribution in [0.1, 0.15) is 48.4 Å². The maximum atomic E-state index is 13.1. The molecule has 1 fully saturated rings. The average Bonchev–Trinajstić information content (AvgIpc) is 3.08. The zero-order chi connectivity index (χ0) is 22.8. The average molecular weight is 464 g/mol. The first-order valence-electron chi connectivity index (χ1n) is 10.5. The number of hydrogen-bond donors (Lipinski definition) is 0. The lowest BCUT2D eigenvalue weighted by molar-refractivity contribution is -0.136. The molecule has 2 aromatic rings. The van der Waals surface area contributed by atoms with E-state index in [1.54, 1.807) is 17.0 Å². The molecule has 0 N–H and O–H groups in total. The van der Waals surface area contributed by atoms with E-state index in [9.17, 15) is 13.2 Å². The lowest BCUT2D eigenvalue weighted by atomic mass is 10.0. The molecule has 1 atom stereocenters. The minimum atomic E-state index is -3.12. The van der Waals surface area contributed by atoms with Crippen molar-refractivity contribution in [3.05, 3.63) is 63.7 Å². The third kappa shape index (κ3) is 6.01. The van der Waals surface area contributed by atoms with Gasteiger partial charge in [0.2, 0.25) is 0 Å². The Morgan fingerprint density at radius 3 is 2.29 bits per heavy atom. The Labute approximate surface area is 190 Å². The van der Waals surface area contributed by atoms with E-state index < -0.39 is 9.84 Å². The van der Waals surface area contributed by atoms with E-state index in [0.717, 1.165) is 16.7 Å². The summed E-state index contributed by atoms with van der Waals surface area (Å²) < 4.78 is 29.9. The van der Waals surface area contributed by atoms with Crippen LogP contribution < -0.4 is 4.74 Å². The van der Waals surface area contributed by atoms with Crippen molar-refractivity contribution < 1.29 is 17.9 Å². The topological polar surface area (TPSA) is 63.7 Å². The van der Waals surface area contributed by atoms with Crippen LogP contribution in [-0.4, -0.2) is 43.4 Å². The molecule has 2 aromatic carbocycles. The molecule has 0 unspecified atom stereocenters. The summed E-state index contributed by atoms with van der Waals surface area (Å²) in [6.45, 7) is 8.25. The third-order valence-corrected chi connectivity index (χ3v) is 8.09. The van der Waals surface area contributed by atoms with Gasteiger partial charge in [-0.05, 0) is 60.6 Å². The van der Waals surface area contributed by atoms with Crippen LogP contribution in [0.4, 0.5) is 0 Å². The maximum Gasteiger partial charge on any atom is 0.261 e. The smallest absolute Gasteiger partial charge is 0.261 e. The first kappa shape index (κ1) is 23.6. The predicted molar refractivity (Wildman–Crippen MR) is 125 cm³/mol. The molecule has 31 heavy (non-hydrogen) atoms. The van der Waals surface area contributed by atoms with E-state index in [-0.39, 0.29) is 30.1 Å². The molecule has 1 heterocycles. The highest BCUT2D eigenvalue weighted by Gasteiger charge is 2.34. The molecular formula is C24H30ClNO4S. The number of amides is 1. The van der Waals surface area contributed by atoms with E-state index in [1.165, 1.54) is 5.56 Å². The molecule has 168 valence electrons. The van der Waals surface area contributed by atoms with Crippen LogP contribution in [0.15, 0.2) is 36.4 Å². The van der Waals surface area contributed by atoms with Crippen LogP contribution in [-0.2, 0) is 21.2 Å². The number of hydrogen-bond acceptors (Lipinski definition) is 4. The van der Waals surface area contributed by atoms with Crippen LogP contribution in [0, 0.1) is 13.8 Å². The van der Waals surface area contributed by atoms with Gasteiger partial charge in [-0.25, -0.2) is 8.42 Å². The molecule has 1 aliphatic heterocycles. The van der Waals surface area contributed by atoms with Gasteiger partial charge in [-0.15, -0.1) is 0 Å². The number of halogens is 1. The minimum absolute atomic E-state index is 0.00196. The molecule has 0 saturated carbocycles. The van der Waals surface area contributed by atoms with Gasteiger partial charge in [0.15, 0.2) is 16.4 Å². The summed E-state index contributed by atoms with van der Waals surface area (Å²) in [6.07, 6.45) is 0.456. The highest BCUT2D eigenvalue weighted by Crippen LogP contribution is 2.26. The highest BCUT2D eigenvalue weighted by atomic mass is 35.5. The molecular weight excluding hydrogens is 434 g/mol. The van der Waals surface area contributed by atoms with Gasteiger partial charge >= 0.3 is 0 Å². The van der Waals surface area contributed by atoms with Crippen LogP contribution in [0.2, 0.25) is 5.02 Å². The van der Waals surface area contributed by atoms with Gasteiger partial charge in [0, 0.05) is 17.6 Å². The highest BCUT2D eigenvalue weighted by molar-refractivity contribution is 7.91. The van der Waals surface area contributed by atoms with E-state index in [1.807, 2.05) is 26.0 Å². The van der Waals surface area contributed by atoms with Crippen molar-refractivity contribution in [3.8, 4) is 5.75 Å². The van der Waals surface area contributed by atoms with Crippen LogP contribution in [0.25, 0.3) is 0 Å². The molecule has 1 aliphatic rings. The molecule has 7 heteroatoms. The number of ether oxygens (including phenoxy) is 1. The number of benzene rings is 2. The van der Waals surface area contributed by atoms with Gasteiger partial charge in [-0.1, -0.05) is 49.7 Å². The minimum Gasteiger partial charge on any atom is -0.484 e. The summed E-state index contributed by atoms with van der Waals surface area (Å²) in [7, 11) is -3.12. The Kier molecular flexibility index (Phi) is 7.32. The SMILES string of the molecule is Cc1cc(OCC(=O)N(Cc2ccc(C(C)C)cc2)[C@H]2CCS(=O)(=O)C2)cc(C)c1Cl. The van der Waals surface area contributed by atoms with Crippen molar-refractivity contribution in [1.29, 1.82) is 0 Å². The zero-order valence-corrected chi connectivity index (χ0v) is 20.1. The van der Waals surface area contributed by atoms with Crippen LogP contribution >= 0.6 is 11.6 Å². The number of aryl methyl sites for hydroxylation is 2. The Hall–Kier alpha value is -2.05. The molecule has 1 saturated heterocycles. The fourth-order valence-corrected chi connectivity index (χ4v) is 5.70. The van der Waals surface area contributed by atoms with E-state index in [4.69, 9.17) is 16.3 Å². The predicted octanol–water partition coefficient (Wildman–Crippen LogP) is 4.67.